The molecule has 0 N–H and O–H groups in total. The van der Waals surface area contributed by atoms with Crippen molar-refractivity contribution in [1.29, 1.82) is 0 Å². The molecule has 1 atom stereocenters. The zero-order valence-electron chi connectivity index (χ0n) is 12.6. The highest BCUT2D eigenvalue weighted by Crippen LogP contribution is 2.29. The molecule has 1 aromatic heterocycles. The lowest BCUT2D eigenvalue weighted by atomic mass is 10.1. The Kier molecular flexibility index (Phi) is 4.60. The first-order chi connectivity index (χ1) is 11.1. The average Bonchev–Trinajstić information content (AvgIpc) is 3.03. The second-order valence-electron chi connectivity index (χ2n) is 5.27. The van der Waals surface area contributed by atoms with E-state index < -0.39 is 22.0 Å². The van der Waals surface area contributed by atoms with E-state index in [4.69, 9.17) is 4.74 Å². The van der Waals surface area contributed by atoms with Gasteiger partial charge < -0.3 is 4.74 Å². The fraction of sp³-hybridized carbons (Fsp3) is 0.500. The van der Waals surface area contributed by atoms with Gasteiger partial charge in [0.25, 0.3) is 0 Å². The van der Waals surface area contributed by atoms with E-state index in [9.17, 15) is 13.2 Å². The monoisotopic (exact) mass is 355 g/mol. The maximum Gasteiger partial charge on any atom is 0.324 e. The molecule has 9 heteroatoms. The van der Waals surface area contributed by atoms with Crippen LogP contribution >= 0.6 is 11.7 Å². The van der Waals surface area contributed by atoms with Gasteiger partial charge in [-0.2, -0.15) is 13.1 Å². The first-order valence-corrected chi connectivity index (χ1v) is 9.62. The molecule has 0 aliphatic carbocycles. The lowest BCUT2D eigenvalue weighted by molar-refractivity contribution is -0.148. The first-order valence-electron chi connectivity index (χ1n) is 7.45. The number of sulfonamides is 1. The average molecular weight is 355 g/mol. The van der Waals surface area contributed by atoms with Crippen molar-refractivity contribution >= 4 is 38.8 Å². The minimum Gasteiger partial charge on any atom is -0.465 e. The SMILES string of the molecule is CCOC(=O)C1CCCCN1S(=O)(=O)c1cccc2nsnc12. The van der Waals surface area contributed by atoms with E-state index in [2.05, 4.69) is 8.75 Å². The lowest BCUT2D eigenvalue weighted by Gasteiger charge is -2.32. The van der Waals surface area contributed by atoms with Crippen molar-refractivity contribution in [3.05, 3.63) is 18.2 Å². The number of nitrogens with zero attached hydrogens (tertiary/aromatic N) is 3. The standard InChI is InChI=1S/C14H17N3O4S2/c1-2-21-14(18)11-7-3-4-9-17(11)23(19,20)12-8-5-6-10-13(12)16-22-15-10/h5-6,8,11H,2-4,7,9H2,1H3. The summed E-state index contributed by atoms with van der Waals surface area (Å²) in [6.07, 6.45) is 2.00. The van der Waals surface area contributed by atoms with Gasteiger partial charge >= 0.3 is 5.97 Å². The van der Waals surface area contributed by atoms with Gasteiger partial charge in [0, 0.05) is 6.54 Å². The van der Waals surface area contributed by atoms with Crippen LogP contribution in [0.15, 0.2) is 23.1 Å². The molecule has 0 spiro atoms. The summed E-state index contributed by atoms with van der Waals surface area (Å²) in [6, 6.07) is 4.10. The zero-order valence-corrected chi connectivity index (χ0v) is 14.3. The second kappa shape index (κ2) is 6.50. The van der Waals surface area contributed by atoms with Crippen LogP contribution in [-0.4, -0.2) is 46.6 Å². The molecule has 1 aliphatic heterocycles. The first kappa shape index (κ1) is 16.3. The van der Waals surface area contributed by atoms with Crippen LogP contribution in [0, 0.1) is 0 Å². The Labute approximate surface area is 138 Å². The third-order valence-electron chi connectivity index (χ3n) is 3.85. The molecule has 0 bridgehead atoms. The van der Waals surface area contributed by atoms with Gasteiger partial charge in [-0.1, -0.05) is 6.07 Å². The number of hydrogen-bond acceptors (Lipinski definition) is 7. The molecule has 3 rings (SSSR count). The summed E-state index contributed by atoms with van der Waals surface area (Å²) in [5.74, 6) is -0.487. The van der Waals surface area contributed by atoms with Crippen molar-refractivity contribution in [2.75, 3.05) is 13.2 Å². The van der Waals surface area contributed by atoms with Gasteiger partial charge in [0.1, 0.15) is 22.0 Å². The largest absolute Gasteiger partial charge is 0.465 e. The van der Waals surface area contributed by atoms with Crippen LogP contribution in [-0.2, 0) is 19.6 Å². The highest BCUT2D eigenvalue weighted by molar-refractivity contribution is 7.89. The Balaban J connectivity index is 2.03. The van der Waals surface area contributed by atoms with Crippen LogP contribution in [0.1, 0.15) is 26.2 Å². The maximum atomic E-state index is 13.1. The smallest absolute Gasteiger partial charge is 0.324 e. The Hall–Kier alpha value is -1.58. The van der Waals surface area contributed by atoms with E-state index in [1.165, 1.54) is 10.4 Å². The van der Waals surface area contributed by atoms with Crippen molar-refractivity contribution in [1.82, 2.24) is 13.1 Å². The van der Waals surface area contributed by atoms with Crippen LogP contribution in [0.2, 0.25) is 0 Å². The fourth-order valence-electron chi connectivity index (χ4n) is 2.78. The number of benzene rings is 1. The summed E-state index contributed by atoms with van der Waals surface area (Å²) in [5, 5.41) is 0. The normalized spacial score (nSPS) is 19.8. The highest BCUT2D eigenvalue weighted by Gasteiger charge is 2.39. The van der Waals surface area contributed by atoms with E-state index in [-0.39, 0.29) is 11.5 Å². The van der Waals surface area contributed by atoms with Crippen molar-refractivity contribution < 1.29 is 17.9 Å². The number of piperidine rings is 1. The zero-order chi connectivity index (χ0) is 16.4. The van der Waals surface area contributed by atoms with Crippen LogP contribution in [0.5, 0.6) is 0 Å². The number of ether oxygens (including phenoxy) is 1. The number of rotatable bonds is 4. The van der Waals surface area contributed by atoms with Gasteiger partial charge in [0.2, 0.25) is 10.0 Å². The molecular weight excluding hydrogens is 338 g/mol. The van der Waals surface area contributed by atoms with E-state index in [0.717, 1.165) is 24.6 Å². The molecule has 1 unspecified atom stereocenters. The number of fused-ring (bicyclic) bond motifs is 1. The Morgan fingerprint density at radius 3 is 3.00 bits per heavy atom. The van der Waals surface area contributed by atoms with Gasteiger partial charge in [-0.3, -0.25) is 4.79 Å². The van der Waals surface area contributed by atoms with Gasteiger partial charge in [-0.25, -0.2) is 8.42 Å². The van der Waals surface area contributed by atoms with Gasteiger partial charge in [-0.15, -0.1) is 0 Å². The second-order valence-corrected chi connectivity index (χ2v) is 7.65. The van der Waals surface area contributed by atoms with Crippen LogP contribution in [0.25, 0.3) is 11.0 Å². The summed E-state index contributed by atoms with van der Waals surface area (Å²) in [6.45, 7) is 2.25. The topological polar surface area (TPSA) is 89.5 Å². The lowest BCUT2D eigenvalue weighted by Crippen LogP contribution is -2.48. The van der Waals surface area contributed by atoms with E-state index in [1.807, 2.05) is 0 Å². The van der Waals surface area contributed by atoms with Crippen LogP contribution in [0.4, 0.5) is 0 Å². The van der Waals surface area contributed by atoms with Crippen molar-refractivity contribution in [3.63, 3.8) is 0 Å². The number of aromatic nitrogens is 2. The molecular formula is C14H17N3O4S2. The Morgan fingerprint density at radius 1 is 1.39 bits per heavy atom. The summed E-state index contributed by atoms with van der Waals surface area (Å²) in [7, 11) is -3.83. The quantitative estimate of drug-likeness (QED) is 0.777. The van der Waals surface area contributed by atoms with Crippen molar-refractivity contribution in [2.24, 2.45) is 0 Å². The fourth-order valence-corrected chi connectivity index (χ4v) is 5.18. The molecule has 2 aromatic rings. The van der Waals surface area contributed by atoms with Crippen molar-refractivity contribution in [2.45, 2.75) is 37.1 Å². The molecule has 1 saturated heterocycles. The number of carbonyl (C=O) groups is 1. The number of carbonyl (C=O) groups excluding carboxylic acids is 1. The predicted molar refractivity (Wildman–Crippen MR) is 85.6 cm³/mol. The number of hydrogen-bond donors (Lipinski definition) is 0. The van der Waals surface area contributed by atoms with Gasteiger partial charge in [0.15, 0.2) is 0 Å². The summed E-state index contributed by atoms with van der Waals surface area (Å²) < 4.78 is 40.6. The molecule has 0 radical (unpaired) electrons. The summed E-state index contributed by atoms with van der Waals surface area (Å²) in [5.41, 5.74) is 0.895. The van der Waals surface area contributed by atoms with Gasteiger partial charge in [0.05, 0.1) is 18.3 Å². The minimum atomic E-state index is -3.83. The Morgan fingerprint density at radius 2 is 2.22 bits per heavy atom. The van der Waals surface area contributed by atoms with E-state index in [1.54, 1.807) is 19.1 Å². The molecule has 124 valence electrons. The molecule has 1 aliphatic rings. The number of esters is 1. The van der Waals surface area contributed by atoms with Crippen LogP contribution in [0.3, 0.4) is 0 Å². The molecule has 2 heterocycles. The third-order valence-corrected chi connectivity index (χ3v) is 6.33. The molecule has 1 aromatic carbocycles. The molecule has 23 heavy (non-hydrogen) atoms. The molecule has 7 nitrogen and oxygen atoms in total. The predicted octanol–water partition coefficient (Wildman–Crippen LogP) is 1.80. The molecule has 1 fully saturated rings. The van der Waals surface area contributed by atoms with Crippen molar-refractivity contribution in [3.8, 4) is 0 Å². The van der Waals surface area contributed by atoms with E-state index >= 15 is 0 Å². The Bertz CT molecular complexity index is 818. The summed E-state index contributed by atoms with van der Waals surface area (Å²) in [4.78, 5) is 12.2. The highest BCUT2D eigenvalue weighted by atomic mass is 32.2. The molecule has 0 saturated carbocycles. The maximum absolute atomic E-state index is 13.1. The van der Waals surface area contributed by atoms with Gasteiger partial charge in [-0.05, 0) is 38.3 Å². The van der Waals surface area contributed by atoms with Crippen LogP contribution < -0.4 is 0 Å². The van der Waals surface area contributed by atoms with E-state index in [0.29, 0.717) is 24.0 Å². The minimum absolute atomic E-state index is 0.0972. The third kappa shape index (κ3) is 2.96. The molecule has 0 amide bonds. The summed E-state index contributed by atoms with van der Waals surface area (Å²) >= 11 is 0.970.